The van der Waals surface area contributed by atoms with Gasteiger partial charge in [-0.1, -0.05) is 73.1 Å². The Morgan fingerprint density at radius 3 is 1.74 bits per heavy atom. The minimum Gasteiger partial charge on any atom is -0.480 e. The van der Waals surface area contributed by atoms with Crippen LogP contribution in [0.15, 0.2) is 52.5 Å². The zero-order valence-corrected chi connectivity index (χ0v) is 50.7. The molecule has 1 aliphatic carbocycles. The van der Waals surface area contributed by atoms with Gasteiger partial charge in [0.15, 0.2) is 5.78 Å². The Labute approximate surface area is 474 Å². The molecule has 1 saturated carbocycles. The number of nitrogens with two attached hydrogens (primary N) is 2. The number of methoxy groups -OCH3 is 2. The molecule has 438 valence electrons. The summed E-state index contributed by atoms with van der Waals surface area (Å²) in [6.45, 7) is 19.2. The van der Waals surface area contributed by atoms with E-state index in [2.05, 4.69) is 17.6 Å². The lowest BCUT2D eigenvalue weighted by Crippen LogP contribution is -2.55. The summed E-state index contributed by atoms with van der Waals surface area (Å²) in [5, 5.41) is 29.9. The average molecular weight is 1150 g/mol. The van der Waals surface area contributed by atoms with E-state index in [1.54, 1.807) is 44.4 Å². The van der Waals surface area contributed by atoms with Crippen LogP contribution in [0.25, 0.3) is 0 Å². The predicted molar refractivity (Wildman–Crippen MR) is 307 cm³/mol. The third-order valence-electron chi connectivity index (χ3n) is 14.6. The first-order valence-electron chi connectivity index (χ1n) is 27.0. The summed E-state index contributed by atoms with van der Waals surface area (Å²) >= 11 is 4.56. The van der Waals surface area contributed by atoms with Gasteiger partial charge < -0.3 is 56.3 Å². The number of nitrogens with zero attached hydrogens (tertiary/aromatic N) is 2. The van der Waals surface area contributed by atoms with E-state index in [0.717, 1.165) is 27.5 Å². The van der Waals surface area contributed by atoms with Gasteiger partial charge in [-0.3, -0.25) is 28.8 Å². The van der Waals surface area contributed by atoms with E-state index >= 15 is 0 Å². The molecule has 78 heavy (non-hydrogen) atoms. The number of carbonyl (C=O) groups is 7. The van der Waals surface area contributed by atoms with E-state index in [9.17, 15) is 38.7 Å². The van der Waals surface area contributed by atoms with Crippen molar-refractivity contribution >= 4 is 75.4 Å². The van der Waals surface area contributed by atoms with Crippen LogP contribution < -0.4 is 22.1 Å². The molecule has 0 unspecified atom stereocenters. The number of carbonyl (C=O) groups excluding carboxylic acids is 5. The molecule has 0 bridgehead atoms. The van der Waals surface area contributed by atoms with E-state index in [4.69, 9.17) is 30.8 Å². The highest BCUT2D eigenvalue weighted by atomic mass is 32.1. The van der Waals surface area contributed by atoms with Gasteiger partial charge in [0.05, 0.1) is 42.7 Å². The van der Waals surface area contributed by atoms with Gasteiger partial charge in [0.1, 0.15) is 23.7 Å². The fourth-order valence-electron chi connectivity index (χ4n) is 10.1. The van der Waals surface area contributed by atoms with Gasteiger partial charge >= 0.3 is 17.9 Å². The molecule has 18 nitrogen and oxygen atoms in total. The summed E-state index contributed by atoms with van der Waals surface area (Å²) in [4.78, 5) is 95.8. The van der Waals surface area contributed by atoms with Crippen LogP contribution in [0.4, 0.5) is 0 Å². The van der Waals surface area contributed by atoms with E-state index in [-0.39, 0.29) is 78.7 Å². The number of hydrogen-bond acceptors (Lipinski definition) is 16. The molecule has 13 atom stereocenters. The largest absolute Gasteiger partial charge is 0.480 e. The maximum Gasteiger partial charge on any atom is 0.326 e. The van der Waals surface area contributed by atoms with Gasteiger partial charge in [-0.25, -0.2) is 4.79 Å². The van der Waals surface area contributed by atoms with Crippen LogP contribution >= 0.6 is 34.0 Å². The highest BCUT2D eigenvalue weighted by molar-refractivity contribution is 7.10. The molecule has 3 aromatic rings. The number of thiophene rings is 3. The molecule has 3 aromatic heterocycles. The molecule has 4 heterocycles. The molecule has 0 aromatic carbocycles. The topological polar surface area (TPSA) is 270 Å². The third kappa shape index (κ3) is 20.5. The van der Waals surface area contributed by atoms with Crippen molar-refractivity contribution in [3.63, 3.8) is 0 Å². The van der Waals surface area contributed by atoms with E-state index in [1.807, 2.05) is 113 Å². The number of ketones is 1. The summed E-state index contributed by atoms with van der Waals surface area (Å²) in [5.74, 6) is -4.04. The van der Waals surface area contributed by atoms with Gasteiger partial charge in [-0.2, -0.15) is 0 Å². The molecule has 3 amide bonds. The fraction of sp³-hybridized carbons (Fsp3) is 0.667. The Morgan fingerprint density at radius 2 is 1.32 bits per heavy atom. The average Bonchev–Trinajstić information content (AvgIpc) is 4.05. The normalized spacial score (nSPS) is 19.7. The maximum absolute atomic E-state index is 14.3. The van der Waals surface area contributed by atoms with Gasteiger partial charge in [-0.05, 0) is 98.7 Å². The van der Waals surface area contributed by atoms with Gasteiger partial charge in [0, 0.05) is 73.5 Å². The van der Waals surface area contributed by atoms with Gasteiger partial charge in [0.25, 0.3) is 0 Å². The number of likely N-dealkylation sites (tertiary alicyclic amines) is 1. The number of amides is 3. The first-order valence-corrected chi connectivity index (χ1v) is 29.6. The number of aliphatic carboxylic acids is 2. The summed E-state index contributed by atoms with van der Waals surface area (Å²) < 4.78 is 17.2. The SMILES string of the molecule is CC(C)(C)OC(=O)[C@@H](N)Cc1cccs1.CC[C@H](C)[C@@H]([C@@H](CC(=O)N1[C@H]2C[C@H]2C[C@H]1[C@H](OC)[C@@H](C)C(=O)N[C@@H](Cc1cccs1)C(=O)O)OC)N(C)C(=O)[C@@H](CC(=O)[C@@H](NC)C(C)C)C(C)C.N[C@@H](Cc1cccs1)C(=O)O. The van der Waals surface area contributed by atoms with E-state index in [0.29, 0.717) is 25.2 Å². The second kappa shape index (κ2) is 32.0. The van der Waals surface area contributed by atoms with Crippen LogP contribution in [0, 0.1) is 35.5 Å². The van der Waals surface area contributed by atoms with Crippen molar-refractivity contribution < 1.29 is 58.0 Å². The molecule has 0 spiro atoms. The van der Waals surface area contributed by atoms with E-state index in [1.165, 1.54) is 29.8 Å². The predicted octanol–water partition coefficient (Wildman–Crippen LogP) is 6.92. The quantitative estimate of drug-likeness (QED) is 0.0403. The monoisotopic (exact) mass is 1150 g/mol. The zero-order chi connectivity index (χ0) is 58.8. The standard InChI is InChI=1S/C39H64N4O8S.C11H17NO2S.C7H9NO2S/c1-12-23(6)35(42(9)38(47)27(21(2)3)19-31(44)34(40-8)22(4)5)32(50-10)20-33(45)43-29-16-25(29)17-30(43)36(51-11)24(7)37(46)41-28(39(48)49)18-26-14-13-15-52-26;1-11(2,3)14-10(13)9(12)7-8-5-4-6-15-8;8-6(7(9)10)4-5-2-1-3-11-5/h13-15,21-25,27-30,32,34-36,40H,12,16-20H2,1-11H3,(H,41,46)(H,48,49);4-6,9H,7,12H2,1-3H3;1-3,6H,4,8H2,(H,9,10)/t23-,24+,25-,27-,28-,29-,30-,32+,34-,35-,36+;9-;6-/m000/s1. The molecule has 2 fully saturated rings. The van der Waals surface area contributed by atoms with Gasteiger partial charge in [0.2, 0.25) is 17.7 Å². The maximum atomic E-state index is 14.3. The molecular formula is C57H90N6O12S3. The van der Waals surface area contributed by atoms with Crippen molar-refractivity contribution in [2.75, 3.05) is 28.3 Å². The lowest BCUT2D eigenvalue weighted by atomic mass is 9.84. The number of carboxylic acids is 2. The second-order valence-corrected chi connectivity index (χ2v) is 25.4. The minimum absolute atomic E-state index is 0.00664. The lowest BCUT2D eigenvalue weighted by Gasteiger charge is -2.41. The Bertz CT molecular complexity index is 2330. The molecule has 1 aliphatic heterocycles. The molecule has 0 radical (unpaired) electrons. The smallest absolute Gasteiger partial charge is 0.326 e. The van der Waals surface area contributed by atoms with Crippen molar-refractivity contribution in [2.24, 2.45) is 47.0 Å². The second-order valence-electron chi connectivity index (χ2n) is 22.3. The summed E-state index contributed by atoms with van der Waals surface area (Å²) in [5.41, 5.74) is 10.6. The number of fused-ring (bicyclic) bond motifs is 1. The number of nitrogens with one attached hydrogen (secondary N) is 2. The number of likely N-dealkylation sites (N-methyl/N-ethyl adjacent to an activating group) is 2. The molecule has 21 heteroatoms. The molecular weight excluding hydrogens is 1060 g/mol. The van der Waals surface area contributed by atoms with E-state index < -0.39 is 71.7 Å². The summed E-state index contributed by atoms with van der Waals surface area (Å²) in [6, 6.07) is 7.82. The number of hydrogen-bond donors (Lipinski definition) is 6. The molecule has 5 rings (SSSR count). The van der Waals surface area contributed by atoms with Crippen LogP contribution in [-0.4, -0.2) is 150 Å². The van der Waals surface area contributed by atoms with Crippen LogP contribution in [0.3, 0.4) is 0 Å². The highest BCUT2D eigenvalue weighted by Crippen LogP contribution is 2.50. The van der Waals surface area contributed by atoms with Gasteiger partial charge in [-0.15, -0.1) is 34.0 Å². The first kappa shape index (κ1) is 67.7. The van der Waals surface area contributed by atoms with Crippen molar-refractivity contribution in [1.29, 1.82) is 0 Å². The number of piperidine rings is 1. The van der Waals surface area contributed by atoms with Crippen LogP contribution in [0.2, 0.25) is 0 Å². The first-order chi connectivity index (χ1) is 36.6. The molecule has 2 aliphatic rings. The van der Waals surface area contributed by atoms with Crippen molar-refractivity contribution in [1.82, 2.24) is 20.4 Å². The molecule has 1 saturated heterocycles. The third-order valence-corrected chi connectivity index (χ3v) is 17.3. The number of carboxylic acid groups (broad SMARTS) is 2. The number of Topliss-reactive ketones (excluding diaryl/α,β-unsaturated/α-hetero) is 1. The minimum atomic E-state index is -1.12. The Morgan fingerprint density at radius 1 is 0.782 bits per heavy atom. The summed E-state index contributed by atoms with van der Waals surface area (Å²) in [6.07, 6.45) is 2.34. The van der Waals surface area contributed by atoms with Crippen LogP contribution in [0.1, 0.15) is 116 Å². The Hall–Kier alpha value is -4.61. The van der Waals surface area contributed by atoms with Crippen LogP contribution in [0.5, 0.6) is 0 Å². The summed E-state index contributed by atoms with van der Waals surface area (Å²) in [7, 11) is 6.61. The van der Waals surface area contributed by atoms with Crippen LogP contribution in [-0.2, 0) is 67.0 Å². The lowest BCUT2D eigenvalue weighted by molar-refractivity contribution is -0.156. The van der Waals surface area contributed by atoms with Crippen molar-refractivity contribution in [2.45, 2.75) is 181 Å². The highest BCUT2D eigenvalue weighted by Gasteiger charge is 2.57. The zero-order valence-electron chi connectivity index (χ0n) is 48.3. The van der Waals surface area contributed by atoms with Crippen molar-refractivity contribution in [3.05, 3.63) is 67.2 Å². The fourth-order valence-corrected chi connectivity index (χ4v) is 12.3. The Balaban J connectivity index is 0.000000496. The number of rotatable bonds is 28. The Kier molecular flexibility index (Phi) is 27.8. The molecule has 8 N–H and O–H groups in total. The number of ether oxygens (including phenoxy) is 3. The van der Waals surface area contributed by atoms with Crippen molar-refractivity contribution in [3.8, 4) is 0 Å². The number of esters is 1.